The number of carbonyl (C=O) groups excluding carboxylic acids is 1. The van der Waals surface area contributed by atoms with E-state index in [1.165, 1.54) is 0 Å². The predicted molar refractivity (Wildman–Crippen MR) is 117 cm³/mol. The molecule has 3 aromatic carbocycles. The molecule has 0 aliphatic rings. The Balaban J connectivity index is 1.80. The van der Waals surface area contributed by atoms with Gasteiger partial charge in [-0.1, -0.05) is 110 Å². The lowest BCUT2D eigenvalue weighted by molar-refractivity contribution is -0.123. The van der Waals surface area contributed by atoms with Crippen LogP contribution in [0.2, 0.25) is 0 Å². The fourth-order valence-corrected chi connectivity index (χ4v) is 3.39. The van der Waals surface area contributed by atoms with Gasteiger partial charge in [0, 0.05) is 6.54 Å². The quantitative estimate of drug-likeness (QED) is 0.565. The van der Waals surface area contributed by atoms with E-state index in [1.54, 1.807) is 0 Å². The minimum absolute atomic E-state index is 0.0552. The standard InChI is InChI=1S/C26H27NO/c1-20-10-9-15-24(18-20)25(21(2)16-17-22-11-5-3-6-12-22)26(28)27-19-23-13-7-4-8-14-23/h3-18,21,25H,19H2,1-2H3,(H,27,28)/b17-16+/t21-,25+/m1/s1. The number of carbonyl (C=O) groups is 1. The second-order valence-corrected chi connectivity index (χ2v) is 7.22. The van der Waals surface area contributed by atoms with Crippen molar-refractivity contribution in [3.63, 3.8) is 0 Å². The zero-order valence-electron chi connectivity index (χ0n) is 16.5. The van der Waals surface area contributed by atoms with Gasteiger partial charge in [0.1, 0.15) is 0 Å². The maximum atomic E-state index is 13.1. The van der Waals surface area contributed by atoms with Crippen molar-refractivity contribution in [2.45, 2.75) is 26.3 Å². The molecule has 3 rings (SSSR count). The zero-order chi connectivity index (χ0) is 19.8. The Kier molecular flexibility index (Phi) is 6.80. The molecule has 142 valence electrons. The van der Waals surface area contributed by atoms with Gasteiger partial charge in [0.25, 0.3) is 0 Å². The molecule has 0 radical (unpaired) electrons. The van der Waals surface area contributed by atoms with Crippen molar-refractivity contribution in [1.29, 1.82) is 0 Å². The fraction of sp³-hybridized carbons (Fsp3) is 0.192. The van der Waals surface area contributed by atoms with Crippen molar-refractivity contribution in [3.05, 3.63) is 113 Å². The number of amides is 1. The number of aryl methyl sites for hydroxylation is 1. The minimum atomic E-state index is -0.233. The molecule has 0 saturated heterocycles. The van der Waals surface area contributed by atoms with E-state index in [1.807, 2.05) is 60.7 Å². The average molecular weight is 370 g/mol. The Morgan fingerprint density at radius 1 is 0.929 bits per heavy atom. The van der Waals surface area contributed by atoms with E-state index < -0.39 is 0 Å². The van der Waals surface area contributed by atoms with Crippen LogP contribution >= 0.6 is 0 Å². The molecule has 1 N–H and O–H groups in total. The maximum absolute atomic E-state index is 13.1. The van der Waals surface area contributed by atoms with Crippen molar-refractivity contribution in [1.82, 2.24) is 5.32 Å². The fourth-order valence-electron chi connectivity index (χ4n) is 3.39. The van der Waals surface area contributed by atoms with Gasteiger partial charge in [-0.15, -0.1) is 0 Å². The molecule has 3 aromatic rings. The smallest absolute Gasteiger partial charge is 0.228 e. The van der Waals surface area contributed by atoms with Gasteiger partial charge < -0.3 is 5.32 Å². The Hall–Kier alpha value is -3.13. The first kappa shape index (κ1) is 19.6. The van der Waals surface area contributed by atoms with Crippen LogP contribution in [0.5, 0.6) is 0 Å². The molecule has 2 atom stereocenters. The highest BCUT2D eigenvalue weighted by atomic mass is 16.1. The molecule has 0 heterocycles. The predicted octanol–water partition coefficient (Wildman–Crippen LogP) is 5.74. The third-order valence-electron chi connectivity index (χ3n) is 4.91. The zero-order valence-corrected chi connectivity index (χ0v) is 16.5. The summed E-state index contributed by atoms with van der Waals surface area (Å²) >= 11 is 0. The van der Waals surface area contributed by atoms with Crippen LogP contribution in [0.15, 0.2) is 91.0 Å². The molecule has 0 bridgehead atoms. The van der Waals surface area contributed by atoms with Gasteiger partial charge in [0.2, 0.25) is 5.91 Å². The van der Waals surface area contributed by atoms with E-state index in [2.05, 4.69) is 55.6 Å². The summed E-state index contributed by atoms with van der Waals surface area (Å²) in [6.45, 7) is 4.71. The molecule has 0 aliphatic carbocycles. The first-order chi connectivity index (χ1) is 13.6. The first-order valence-corrected chi connectivity index (χ1v) is 9.75. The second kappa shape index (κ2) is 9.70. The summed E-state index contributed by atoms with van der Waals surface area (Å²) < 4.78 is 0. The van der Waals surface area contributed by atoms with E-state index in [0.717, 1.165) is 22.3 Å². The number of benzene rings is 3. The Morgan fingerprint density at radius 3 is 2.29 bits per heavy atom. The van der Waals surface area contributed by atoms with Crippen LogP contribution in [-0.2, 0) is 11.3 Å². The Bertz CT molecular complexity index is 915. The van der Waals surface area contributed by atoms with E-state index in [4.69, 9.17) is 0 Å². The van der Waals surface area contributed by atoms with E-state index in [9.17, 15) is 4.79 Å². The molecule has 28 heavy (non-hydrogen) atoms. The number of nitrogens with one attached hydrogen (secondary N) is 1. The van der Waals surface area contributed by atoms with Gasteiger partial charge in [0.15, 0.2) is 0 Å². The van der Waals surface area contributed by atoms with Crippen molar-refractivity contribution in [3.8, 4) is 0 Å². The first-order valence-electron chi connectivity index (χ1n) is 9.75. The molecule has 0 fully saturated rings. The minimum Gasteiger partial charge on any atom is -0.351 e. The van der Waals surface area contributed by atoms with Crippen molar-refractivity contribution in [2.24, 2.45) is 5.92 Å². The maximum Gasteiger partial charge on any atom is 0.228 e. The molecule has 0 spiro atoms. The lowest BCUT2D eigenvalue weighted by Gasteiger charge is -2.22. The lowest BCUT2D eigenvalue weighted by Crippen LogP contribution is -2.32. The highest BCUT2D eigenvalue weighted by molar-refractivity contribution is 5.84. The summed E-state index contributed by atoms with van der Waals surface area (Å²) in [5.74, 6) is -0.110. The number of allylic oxidation sites excluding steroid dienone is 1. The molecule has 2 heteroatoms. The van der Waals surface area contributed by atoms with Crippen molar-refractivity contribution >= 4 is 12.0 Å². The topological polar surface area (TPSA) is 29.1 Å². The summed E-state index contributed by atoms with van der Waals surface area (Å²) in [5, 5.41) is 3.12. The number of hydrogen-bond acceptors (Lipinski definition) is 1. The molecular formula is C26H27NO. The molecule has 0 saturated carbocycles. The normalized spacial score (nSPS) is 13.2. The van der Waals surface area contributed by atoms with Gasteiger partial charge >= 0.3 is 0 Å². The van der Waals surface area contributed by atoms with Gasteiger partial charge in [-0.3, -0.25) is 4.79 Å². The van der Waals surface area contributed by atoms with Crippen LogP contribution < -0.4 is 5.32 Å². The van der Waals surface area contributed by atoms with Crippen molar-refractivity contribution < 1.29 is 4.79 Å². The van der Waals surface area contributed by atoms with Crippen LogP contribution in [0.25, 0.3) is 6.08 Å². The van der Waals surface area contributed by atoms with Gasteiger partial charge in [-0.25, -0.2) is 0 Å². The molecule has 0 aromatic heterocycles. The molecule has 1 amide bonds. The highest BCUT2D eigenvalue weighted by Gasteiger charge is 2.25. The lowest BCUT2D eigenvalue weighted by atomic mass is 9.85. The average Bonchev–Trinajstić information content (AvgIpc) is 2.72. The molecular weight excluding hydrogens is 342 g/mol. The van der Waals surface area contributed by atoms with Crippen molar-refractivity contribution in [2.75, 3.05) is 0 Å². The Labute approximate surface area is 167 Å². The SMILES string of the molecule is Cc1cccc([C@@H](C(=O)NCc2ccccc2)[C@H](C)/C=C/c2ccccc2)c1. The summed E-state index contributed by atoms with van der Waals surface area (Å²) in [6.07, 6.45) is 4.22. The summed E-state index contributed by atoms with van der Waals surface area (Å²) in [4.78, 5) is 13.1. The third-order valence-corrected chi connectivity index (χ3v) is 4.91. The van der Waals surface area contributed by atoms with Crippen LogP contribution in [0.3, 0.4) is 0 Å². The van der Waals surface area contributed by atoms with Crippen LogP contribution in [-0.4, -0.2) is 5.91 Å². The summed E-state index contributed by atoms with van der Waals surface area (Å²) in [6, 6.07) is 28.5. The van der Waals surface area contributed by atoms with Gasteiger partial charge in [0.05, 0.1) is 5.92 Å². The van der Waals surface area contributed by atoms with E-state index >= 15 is 0 Å². The van der Waals surface area contributed by atoms with Gasteiger partial charge in [-0.2, -0.15) is 0 Å². The number of hydrogen-bond donors (Lipinski definition) is 1. The molecule has 0 unspecified atom stereocenters. The Morgan fingerprint density at radius 2 is 1.61 bits per heavy atom. The number of rotatable bonds is 7. The van der Waals surface area contributed by atoms with Crippen LogP contribution in [0.4, 0.5) is 0 Å². The summed E-state index contributed by atoms with van der Waals surface area (Å²) in [5.41, 5.74) is 4.46. The molecule has 2 nitrogen and oxygen atoms in total. The monoisotopic (exact) mass is 369 g/mol. The third kappa shape index (κ3) is 5.43. The highest BCUT2D eigenvalue weighted by Crippen LogP contribution is 2.27. The summed E-state index contributed by atoms with van der Waals surface area (Å²) in [7, 11) is 0. The van der Waals surface area contributed by atoms with E-state index in [-0.39, 0.29) is 17.7 Å². The van der Waals surface area contributed by atoms with Crippen LogP contribution in [0, 0.1) is 12.8 Å². The van der Waals surface area contributed by atoms with Crippen LogP contribution in [0.1, 0.15) is 35.1 Å². The largest absolute Gasteiger partial charge is 0.351 e. The van der Waals surface area contributed by atoms with Gasteiger partial charge in [-0.05, 0) is 29.5 Å². The van der Waals surface area contributed by atoms with E-state index in [0.29, 0.717) is 6.54 Å². The molecule has 0 aliphatic heterocycles. The second-order valence-electron chi connectivity index (χ2n) is 7.22.